The molecule has 0 unspecified atom stereocenters. The highest BCUT2D eigenvalue weighted by atomic mass is 15.0. The molecule has 0 saturated carbocycles. The Labute approximate surface area is 109 Å². The summed E-state index contributed by atoms with van der Waals surface area (Å²) in [5.74, 6) is 1.49. The van der Waals surface area contributed by atoms with Crippen LogP contribution in [0.2, 0.25) is 0 Å². The van der Waals surface area contributed by atoms with Crippen molar-refractivity contribution < 1.29 is 0 Å². The lowest BCUT2D eigenvalue weighted by Crippen LogP contribution is -2.01. The molecule has 2 rings (SSSR count). The van der Waals surface area contributed by atoms with Gasteiger partial charge in [-0.3, -0.25) is 0 Å². The second kappa shape index (κ2) is 5.38. The van der Waals surface area contributed by atoms with Gasteiger partial charge in [-0.05, 0) is 41.7 Å². The van der Waals surface area contributed by atoms with E-state index < -0.39 is 0 Å². The number of pyridine rings is 1. The van der Waals surface area contributed by atoms with Crippen molar-refractivity contribution in [2.45, 2.75) is 39.5 Å². The van der Waals surface area contributed by atoms with E-state index in [4.69, 9.17) is 4.98 Å². The molecule has 0 spiro atoms. The third-order valence-corrected chi connectivity index (χ3v) is 3.31. The molecule has 2 nitrogen and oxygen atoms in total. The monoisotopic (exact) mass is 242 g/mol. The molecule has 0 fully saturated rings. The topological polar surface area (TPSA) is 24.9 Å². The van der Waals surface area contributed by atoms with Gasteiger partial charge in [-0.25, -0.2) is 4.98 Å². The predicted molar refractivity (Wildman–Crippen MR) is 79.4 cm³/mol. The molecule has 0 aliphatic rings. The zero-order valence-electron chi connectivity index (χ0n) is 11.7. The Balaban J connectivity index is 2.57. The molecule has 0 atom stereocenters. The lowest BCUT2D eigenvalue weighted by molar-refractivity contribution is 0.864. The summed E-state index contributed by atoms with van der Waals surface area (Å²) in [6, 6.07) is 8.87. The summed E-state index contributed by atoms with van der Waals surface area (Å²) in [5.41, 5.74) is 3.76. The van der Waals surface area contributed by atoms with Gasteiger partial charge in [-0.15, -0.1) is 0 Å². The highest BCUT2D eigenvalue weighted by molar-refractivity contribution is 5.82. The SMILES string of the molecule is CCCc1ccc2nc(NC)c(C(C)C)cc2c1. The van der Waals surface area contributed by atoms with Crippen molar-refractivity contribution in [3.8, 4) is 0 Å². The molecule has 0 saturated heterocycles. The van der Waals surface area contributed by atoms with E-state index >= 15 is 0 Å². The highest BCUT2D eigenvalue weighted by Gasteiger charge is 2.09. The number of nitrogens with one attached hydrogen (secondary N) is 1. The summed E-state index contributed by atoms with van der Waals surface area (Å²) in [5, 5.41) is 4.45. The van der Waals surface area contributed by atoms with Crippen molar-refractivity contribution in [3.05, 3.63) is 35.4 Å². The summed E-state index contributed by atoms with van der Waals surface area (Å²) >= 11 is 0. The Morgan fingerprint density at radius 3 is 2.61 bits per heavy atom. The van der Waals surface area contributed by atoms with Crippen LogP contribution >= 0.6 is 0 Å². The second-order valence-electron chi connectivity index (χ2n) is 5.11. The van der Waals surface area contributed by atoms with E-state index in [1.807, 2.05) is 7.05 Å². The minimum Gasteiger partial charge on any atom is -0.373 e. The average molecular weight is 242 g/mol. The molecule has 0 aliphatic carbocycles. The number of anilines is 1. The normalized spacial score (nSPS) is 11.2. The molecule has 0 bridgehead atoms. The van der Waals surface area contributed by atoms with Crippen molar-refractivity contribution in [3.63, 3.8) is 0 Å². The molecule has 1 heterocycles. The Bertz CT molecular complexity index is 544. The Morgan fingerprint density at radius 1 is 1.22 bits per heavy atom. The number of nitrogens with zero attached hydrogens (tertiary/aromatic N) is 1. The first-order valence-electron chi connectivity index (χ1n) is 6.77. The van der Waals surface area contributed by atoms with Crippen LogP contribution in [0.15, 0.2) is 24.3 Å². The largest absolute Gasteiger partial charge is 0.373 e. The maximum atomic E-state index is 4.71. The van der Waals surface area contributed by atoms with E-state index in [1.54, 1.807) is 0 Å². The van der Waals surface area contributed by atoms with Crippen LogP contribution in [0.4, 0.5) is 5.82 Å². The van der Waals surface area contributed by atoms with E-state index in [2.05, 4.69) is 50.4 Å². The van der Waals surface area contributed by atoms with Gasteiger partial charge >= 0.3 is 0 Å². The number of aromatic nitrogens is 1. The van der Waals surface area contributed by atoms with Crippen molar-refractivity contribution in [1.29, 1.82) is 0 Å². The summed E-state index contributed by atoms with van der Waals surface area (Å²) in [7, 11) is 1.94. The lowest BCUT2D eigenvalue weighted by Gasteiger charge is -2.13. The Hall–Kier alpha value is -1.57. The summed E-state index contributed by atoms with van der Waals surface area (Å²) in [4.78, 5) is 4.71. The number of hydrogen-bond acceptors (Lipinski definition) is 2. The van der Waals surface area contributed by atoms with Crippen molar-refractivity contribution in [2.75, 3.05) is 12.4 Å². The molecular formula is C16H22N2. The molecule has 2 heteroatoms. The maximum Gasteiger partial charge on any atom is 0.129 e. The molecule has 0 amide bonds. The van der Waals surface area contributed by atoms with Gasteiger partial charge in [0.05, 0.1) is 5.52 Å². The Morgan fingerprint density at radius 2 is 2.00 bits per heavy atom. The van der Waals surface area contributed by atoms with E-state index in [-0.39, 0.29) is 0 Å². The van der Waals surface area contributed by atoms with Crippen LogP contribution in [-0.2, 0) is 6.42 Å². The molecule has 2 aromatic rings. The van der Waals surface area contributed by atoms with Crippen LogP contribution in [0.1, 0.15) is 44.2 Å². The van der Waals surface area contributed by atoms with Gasteiger partial charge in [-0.1, -0.05) is 33.3 Å². The van der Waals surface area contributed by atoms with Crippen LogP contribution < -0.4 is 5.32 Å². The van der Waals surface area contributed by atoms with Crippen molar-refractivity contribution >= 4 is 16.7 Å². The molecule has 18 heavy (non-hydrogen) atoms. The zero-order valence-corrected chi connectivity index (χ0v) is 11.7. The third-order valence-electron chi connectivity index (χ3n) is 3.31. The molecule has 96 valence electrons. The summed E-state index contributed by atoms with van der Waals surface area (Å²) < 4.78 is 0. The molecule has 1 N–H and O–H groups in total. The van der Waals surface area contributed by atoms with Crippen LogP contribution in [0, 0.1) is 0 Å². The zero-order chi connectivity index (χ0) is 13.1. The summed E-state index contributed by atoms with van der Waals surface area (Å²) in [6.45, 7) is 6.63. The van der Waals surface area contributed by atoms with Gasteiger partial charge < -0.3 is 5.32 Å². The van der Waals surface area contributed by atoms with Crippen LogP contribution in [0.5, 0.6) is 0 Å². The number of hydrogen-bond donors (Lipinski definition) is 1. The van der Waals surface area contributed by atoms with Gasteiger partial charge in [0, 0.05) is 12.4 Å². The molecular weight excluding hydrogens is 220 g/mol. The highest BCUT2D eigenvalue weighted by Crippen LogP contribution is 2.27. The van der Waals surface area contributed by atoms with E-state index in [9.17, 15) is 0 Å². The second-order valence-corrected chi connectivity index (χ2v) is 5.11. The van der Waals surface area contributed by atoms with Crippen LogP contribution in [0.3, 0.4) is 0 Å². The first-order valence-corrected chi connectivity index (χ1v) is 6.77. The standard InChI is InChI=1S/C16H22N2/c1-5-6-12-7-8-15-13(9-12)10-14(11(2)3)16(17-4)18-15/h7-11H,5-6H2,1-4H3,(H,17,18). The average Bonchev–Trinajstić information content (AvgIpc) is 2.37. The van der Waals surface area contributed by atoms with Gasteiger partial charge in [0.15, 0.2) is 0 Å². The number of rotatable bonds is 4. The maximum absolute atomic E-state index is 4.71. The van der Waals surface area contributed by atoms with Gasteiger partial charge in [-0.2, -0.15) is 0 Å². The first-order chi connectivity index (χ1) is 8.65. The fraction of sp³-hybridized carbons (Fsp3) is 0.438. The van der Waals surface area contributed by atoms with Gasteiger partial charge in [0.25, 0.3) is 0 Å². The minimum absolute atomic E-state index is 0.485. The molecule has 1 aromatic carbocycles. The first kappa shape index (κ1) is 12.9. The number of aryl methyl sites for hydroxylation is 1. The molecule has 1 aromatic heterocycles. The van der Waals surface area contributed by atoms with Crippen molar-refractivity contribution in [2.24, 2.45) is 0 Å². The molecule has 0 radical (unpaired) electrons. The van der Waals surface area contributed by atoms with Crippen molar-refractivity contribution in [1.82, 2.24) is 4.98 Å². The fourth-order valence-electron chi connectivity index (χ4n) is 2.33. The predicted octanol–water partition coefficient (Wildman–Crippen LogP) is 4.35. The van der Waals surface area contributed by atoms with E-state index in [0.29, 0.717) is 5.92 Å². The van der Waals surface area contributed by atoms with E-state index in [0.717, 1.165) is 17.8 Å². The number of benzene rings is 1. The minimum atomic E-state index is 0.485. The Kier molecular flexibility index (Phi) is 3.85. The van der Waals surface area contributed by atoms with E-state index in [1.165, 1.54) is 22.9 Å². The fourth-order valence-corrected chi connectivity index (χ4v) is 2.33. The van der Waals surface area contributed by atoms with Gasteiger partial charge in [0.2, 0.25) is 0 Å². The van der Waals surface area contributed by atoms with Crippen LogP contribution in [0.25, 0.3) is 10.9 Å². The summed E-state index contributed by atoms with van der Waals surface area (Å²) in [6.07, 6.45) is 2.32. The lowest BCUT2D eigenvalue weighted by atomic mass is 10.00. The third kappa shape index (κ3) is 2.47. The van der Waals surface area contributed by atoms with Crippen LogP contribution in [-0.4, -0.2) is 12.0 Å². The molecule has 0 aliphatic heterocycles. The van der Waals surface area contributed by atoms with Gasteiger partial charge in [0.1, 0.15) is 5.82 Å². The number of fused-ring (bicyclic) bond motifs is 1. The smallest absolute Gasteiger partial charge is 0.129 e. The quantitative estimate of drug-likeness (QED) is 0.862.